The molecule has 0 spiro atoms. The van der Waals surface area contributed by atoms with E-state index in [9.17, 15) is 0 Å². The molecule has 0 bridgehead atoms. The minimum absolute atomic E-state index is 0.373. The second-order valence-electron chi connectivity index (χ2n) is 4.67. The highest BCUT2D eigenvalue weighted by Gasteiger charge is 2.15. The zero-order valence-corrected chi connectivity index (χ0v) is 10.6. The number of hydrogen-bond acceptors (Lipinski definition) is 3. The molecule has 3 heteroatoms. The maximum absolute atomic E-state index is 5.92. The first-order chi connectivity index (χ1) is 8.38. The third kappa shape index (κ3) is 3.91. The van der Waals surface area contributed by atoms with Gasteiger partial charge in [0, 0.05) is 12.6 Å². The van der Waals surface area contributed by atoms with Crippen molar-refractivity contribution in [3.05, 3.63) is 18.2 Å². The van der Waals surface area contributed by atoms with Crippen LogP contribution >= 0.6 is 0 Å². The molecular weight excluding hydrogens is 212 g/mol. The lowest BCUT2D eigenvalue weighted by Gasteiger charge is -2.22. The average molecular weight is 234 g/mol. The SMILES string of the molecule is CCCNc1cccc(OC2CCCCC2)n1. The van der Waals surface area contributed by atoms with E-state index in [0.29, 0.717) is 6.10 Å². The fourth-order valence-electron chi connectivity index (χ4n) is 2.19. The maximum atomic E-state index is 5.92. The molecule has 1 aliphatic rings. The van der Waals surface area contributed by atoms with Crippen molar-refractivity contribution in [1.82, 2.24) is 4.98 Å². The molecule has 0 saturated heterocycles. The molecule has 3 nitrogen and oxygen atoms in total. The third-order valence-corrected chi connectivity index (χ3v) is 3.12. The van der Waals surface area contributed by atoms with E-state index < -0.39 is 0 Å². The molecule has 0 amide bonds. The van der Waals surface area contributed by atoms with E-state index in [4.69, 9.17) is 4.74 Å². The maximum Gasteiger partial charge on any atom is 0.215 e. The van der Waals surface area contributed by atoms with Gasteiger partial charge in [0.2, 0.25) is 5.88 Å². The minimum atomic E-state index is 0.373. The molecule has 1 N–H and O–H groups in total. The summed E-state index contributed by atoms with van der Waals surface area (Å²) in [6, 6.07) is 5.94. The van der Waals surface area contributed by atoms with Crippen molar-refractivity contribution < 1.29 is 4.74 Å². The van der Waals surface area contributed by atoms with Crippen LogP contribution in [0.4, 0.5) is 5.82 Å². The second-order valence-corrected chi connectivity index (χ2v) is 4.67. The molecule has 0 aromatic carbocycles. The number of ether oxygens (including phenoxy) is 1. The van der Waals surface area contributed by atoms with E-state index in [1.165, 1.54) is 32.1 Å². The van der Waals surface area contributed by atoms with Gasteiger partial charge in [-0.15, -0.1) is 0 Å². The Morgan fingerprint density at radius 3 is 2.88 bits per heavy atom. The molecule has 1 saturated carbocycles. The van der Waals surface area contributed by atoms with Gasteiger partial charge in [0.1, 0.15) is 11.9 Å². The molecular formula is C14H22N2O. The van der Waals surface area contributed by atoms with Gasteiger partial charge in [-0.2, -0.15) is 4.98 Å². The van der Waals surface area contributed by atoms with Crippen molar-refractivity contribution in [3.8, 4) is 5.88 Å². The van der Waals surface area contributed by atoms with Crippen LogP contribution in [0.15, 0.2) is 18.2 Å². The zero-order chi connectivity index (χ0) is 11.9. The highest BCUT2D eigenvalue weighted by Crippen LogP contribution is 2.22. The van der Waals surface area contributed by atoms with E-state index in [2.05, 4.69) is 17.2 Å². The van der Waals surface area contributed by atoms with Crippen LogP contribution in [0.5, 0.6) is 5.88 Å². The lowest BCUT2D eigenvalue weighted by Crippen LogP contribution is -2.20. The number of nitrogens with one attached hydrogen (secondary N) is 1. The van der Waals surface area contributed by atoms with Crippen LogP contribution < -0.4 is 10.1 Å². The number of nitrogens with zero attached hydrogens (tertiary/aromatic N) is 1. The summed E-state index contributed by atoms with van der Waals surface area (Å²) in [5.41, 5.74) is 0. The first-order valence-electron chi connectivity index (χ1n) is 6.76. The molecule has 17 heavy (non-hydrogen) atoms. The quantitative estimate of drug-likeness (QED) is 0.845. The van der Waals surface area contributed by atoms with Crippen LogP contribution in [-0.2, 0) is 0 Å². The Hall–Kier alpha value is -1.25. The molecule has 0 atom stereocenters. The predicted molar refractivity (Wildman–Crippen MR) is 70.5 cm³/mol. The third-order valence-electron chi connectivity index (χ3n) is 3.12. The van der Waals surface area contributed by atoms with Crippen LogP contribution in [-0.4, -0.2) is 17.6 Å². The van der Waals surface area contributed by atoms with E-state index in [0.717, 1.165) is 24.7 Å². The van der Waals surface area contributed by atoms with Gasteiger partial charge >= 0.3 is 0 Å². The highest BCUT2D eigenvalue weighted by atomic mass is 16.5. The molecule has 1 aromatic heterocycles. The van der Waals surface area contributed by atoms with E-state index in [1.807, 2.05) is 18.2 Å². The molecule has 1 heterocycles. The van der Waals surface area contributed by atoms with E-state index in [1.54, 1.807) is 0 Å². The number of anilines is 1. The summed E-state index contributed by atoms with van der Waals surface area (Å²) in [5, 5.41) is 3.28. The Balaban J connectivity index is 1.90. The van der Waals surface area contributed by atoms with Gasteiger partial charge in [0.05, 0.1) is 0 Å². The molecule has 0 radical (unpaired) electrons. The summed E-state index contributed by atoms with van der Waals surface area (Å²) in [7, 11) is 0. The molecule has 1 aromatic rings. The summed E-state index contributed by atoms with van der Waals surface area (Å²) in [4.78, 5) is 4.47. The van der Waals surface area contributed by atoms with Crippen LogP contribution in [0.2, 0.25) is 0 Å². The van der Waals surface area contributed by atoms with Crippen molar-refractivity contribution in [2.45, 2.75) is 51.6 Å². The highest BCUT2D eigenvalue weighted by molar-refractivity contribution is 5.36. The van der Waals surface area contributed by atoms with Gasteiger partial charge in [-0.25, -0.2) is 0 Å². The first-order valence-corrected chi connectivity index (χ1v) is 6.76. The summed E-state index contributed by atoms with van der Waals surface area (Å²) >= 11 is 0. The zero-order valence-electron chi connectivity index (χ0n) is 10.6. The molecule has 0 aliphatic heterocycles. The summed E-state index contributed by atoms with van der Waals surface area (Å²) in [6.07, 6.45) is 7.76. The van der Waals surface area contributed by atoms with Crippen LogP contribution in [0, 0.1) is 0 Å². The molecule has 2 rings (SSSR count). The van der Waals surface area contributed by atoms with Crippen molar-refractivity contribution >= 4 is 5.82 Å². The van der Waals surface area contributed by atoms with Gasteiger partial charge in [-0.1, -0.05) is 19.4 Å². The van der Waals surface area contributed by atoms with Gasteiger partial charge in [-0.05, 0) is 38.2 Å². The Morgan fingerprint density at radius 2 is 2.12 bits per heavy atom. The summed E-state index contributed by atoms with van der Waals surface area (Å²) < 4.78 is 5.92. The number of rotatable bonds is 5. The molecule has 1 fully saturated rings. The molecule has 1 aliphatic carbocycles. The second kappa shape index (κ2) is 6.48. The first kappa shape index (κ1) is 12.2. The minimum Gasteiger partial charge on any atom is -0.474 e. The van der Waals surface area contributed by atoms with Crippen molar-refractivity contribution in [3.63, 3.8) is 0 Å². The fraction of sp³-hybridized carbons (Fsp3) is 0.643. The molecule has 94 valence electrons. The van der Waals surface area contributed by atoms with Gasteiger partial charge < -0.3 is 10.1 Å². The van der Waals surface area contributed by atoms with Crippen LogP contribution in [0.25, 0.3) is 0 Å². The standard InChI is InChI=1S/C14H22N2O/c1-2-11-15-13-9-6-10-14(16-13)17-12-7-4-3-5-8-12/h6,9-10,12H,2-5,7-8,11H2,1H3,(H,15,16). The average Bonchev–Trinajstić information content (AvgIpc) is 2.38. The van der Waals surface area contributed by atoms with Gasteiger partial charge in [0.25, 0.3) is 0 Å². The van der Waals surface area contributed by atoms with Gasteiger partial charge in [0.15, 0.2) is 0 Å². The lowest BCUT2D eigenvalue weighted by atomic mass is 9.98. The number of aromatic nitrogens is 1. The van der Waals surface area contributed by atoms with Crippen molar-refractivity contribution in [2.75, 3.05) is 11.9 Å². The smallest absolute Gasteiger partial charge is 0.215 e. The number of pyridine rings is 1. The predicted octanol–water partition coefficient (Wildman–Crippen LogP) is 3.62. The van der Waals surface area contributed by atoms with Crippen LogP contribution in [0.3, 0.4) is 0 Å². The Kier molecular flexibility index (Phi) is 4.65. The fourth-order valence-corrected chi connectivity index (χ4v) is 2.19. The Morgan fingerprint density at radius 1 is 1.29 bits per heavy atom. The van der Waals surface area contributed by atoms with Crippen LogP contribution in [0.1, 0.15) is 45.4 Å². The van der Waals surface area contributed by atoms with Crippen molar-refractivity contribution in [1.29, 1.82) is 0 Å². The molecule has 0 unspecified atom stereocenters. The Labute approximate surface area is 104 Å². The number of hydrogen-bond donors (Lipinski definition) is 1. The van der Waals surface area contributed by atoms with Gasteiger partial charge in [-0.3, -0.25) is 0 Å². The largest absolute Gasteiger partial charge is 0.474 e. The monoisotopic (exact) mass is 234 g/mol. The lowest BCUT2D eigenvalue weighted by molar-refractivity contribution is 0.149. The van der Waals surface area contributed by atoms with Crippen molar-refractivity contribution in [2.24, 2.45) is 0 Å². The summed E-state index contributed by atoms with van der Waals surface area (Å²) in [6.45, 7) is 3.11. The Bertz CT molecular complexity index is 335. The normalized spacial score (nSPS) is 16.8. The topological polar surface area (TPSA) is 34.1 Å². The summed E-state index contributed by atoms with van der Waals surface area (Å²) in [5.74, 6) is 1.68. The van der Waals surface area contributed by atoms with E-state index in [-0.39, 0.29) is 0 Å². The van der Waals surface area contributed by atoms with E-state index >= 15 is 0 Å².